The van der Waals surface area contributed by atoms with Gasteiger partial charge < -0.3 is 9.47 Å². The highest BCUT2D eigenvalue weighted by Crippen LogP contribution is 2.30. The lowest BCUT2D eigenvalue weighted by Gasteiger charge is -2.23. The predicted octanol–water partition coefficient (Wildman–Crippen LogP) is 3.01. The molecule has 0 bridgehead atoms. The molecule has 1 aliphatic rings. The van der Waals surface area contributed by atoms with E-state index in [1.54, 1.807) is 4.57 Å². The van der Waals surface area contributed by atoms with Crippen LogP contribution in [0.25, 0.3) is 0 Å². The Morgan fingerprint density at radius 3 is 2.52 bits per heavy atom. The molecular formula is C14H21ClN2O3S. The standard InChI is InChI=1S/C14H21ClN2O3S/c1-4-7-16(11-5-6-11)14(18)13-8-12(21(15,19)20)9-17(13)10(2)3/h8-11H,4-7H2,1-3H3. The first kappa shape index (κ1) is 16.4. The Morgan fingerprint density at radius 1 is 1.48 bits per heavy atom. The molecular weight excluding hydrogens is 312 g/mol. The van der Waals surface area contributed by atoms with Crippen molar-refractivity contribution in [2.24, 2.45) is 0 Å². The lowest BCUT2D eigenvalue weighted by molar-refractivity contribution is 0.0730. The molecule has 21 heavy (non-hydrogen) atoms. The Kier molecular flexibility index (Phi) is 4.68. The van der Waals surface area contributed by atoms with Crippen LogP contribution in [0.15, 0.2) is 17.2 Å². The van der Waals surface area contributed by atoms with E-state index in [1.165, 1.54) is 12.3 Å². The summed E-state index contributed by atoms with van der Waals surface area (Å²) >= 11 is 0. The third-order valence-corrected chi connectivity index (χ3v) is 4.91. The van der Waals surface area contributed by atoms with Gasteiger partial charge in [-0.1, -0.05) is 6.92 Å². The summed E-state index contributed by atoms with van der Waals surface area (Å²) in [6.45, 7) is 6.53. The number of hydrogen-bond acceptors (Lipinski definition) is 3. The second-order valence-electron chi connectivity index (χ2n) is 5.73. The van der Waals surface area contributed by atoms with E-state index in [0.717, 1.165) is 19.3 Å². The molecule has 1 amide bonds. The lowest BCUT2D eigenvalue weighted by atomic mass is 10.3. The second kappa shape index (κ2) is 6.01. The van der Waals surface area contributed by atoms with Gasteiger partial charge in [0.05, 0.1) is 0 Å². The van der Waals surface area contributed by atoms with Crippen LogP contribution in [-0.2, 0) is 9.05 Å². The topological polar surface area (TPSA) is 59.4 Å². The number of rotatable bonds is 6. The Bertz CT molecular complexity index is 633. The van der Waals surface area contributed by atoms with E-state index in [1.807, 2.05) is 25.7 Å². The Labute approximate surface area is 130 Å². The predicted molar refractivity (Wildman–Crippen MR) is 82.2 cm³/mol. The van der Waals surface area contributed by atoms with E-state index in [9.17, 15) is 13.2 Å². The average molecular weight is 333 g/mol. The zero-order valence-electron chi connectivity index (χ0n) is 12.5. The van der Waals surface area contributed by atoms with Crippen LogP contribution in [0.5, 0.6) is 0 Å². The lowest BCUT2D eigenvalue weighted by Crippen LogP contribution is -2.35. The van der Waals surface area contributed by atoms with E-state index in [2.05, 4.69) is 0 Å². The number of amides is 1. The SMILES string of the molecule is CCCN(C(=O)c1cc(S(=O)(=O)Cl)cn1C(C)C)C1CC1. The van der Waals surface area contributed by atoms with Crippen LogP contribution in [0.4, 0.5) is 0 Å². The van der Waals surface area contributed by atoms with Gasteiger partial charge in [-0.15, -0.1) is 0 Å². The van der Waals surface area contributed by atoms with Crippen LogP contribution < -0.4 is 0 Å². The molecule has 1 saturated carbocycles. The van der Waals surface area contributed by atoms with Crippen LogP contribution >= 0.6 is 10.7 Å². The number of hydrogen-bond donors (Lipinski definition) is 0. The smallest absolute Gasteiger partial charge is 0.270 e. The summed E-state index contributed by atoms with van der Waals surface area (Å²) in [4.78, 5) is 14.6. The molecule has 1 heterocycles. The van der Waals surface area contributed by atoms with Crippen molar-refractivity contribution in [2.75, 3.05) is 6.54 Å². The summed E-state index contributed by atoms with van der Waals surface area (Å²) in [7, 11) is 1.57. The molecule has 5 nitrogen and oxygen atoms in total. The summed E-state index contributed by atoms with van der Waals surface area (Å²) in [5.41, 5.74) is 0.393. The maximum Gasteiger partial charge on any atom is 0.270 e. The largest absolute Gasteiger partial charge is 0.340 e. The van der Waals surface area contributed by atoms with Crippen molar-refractivity contribution in [3.63, 3.8) is 0 Å². The molecule has 0 radical (unpaired) electrons. The van der Waals surface area contributed by atoms with Gasteiger partial charge in [-0.2, -0.15) is 0 Å². The fraction of sp³-hybridized carbons (Fsp3) is 0.643. The van der Waals surface area contributed by atoms with Gasteiger partial charge >= 0.3 is 0 Å². The second-order valence-corrected chi connectivity index (χ2v) is 8.30. The molecule has 118 valence electrons. The van der Waals surface area contributed by atoms with Crippen molar-refractivity contribution in [3.8, 4) is 0 Å². The van der Waals surface area contributed by atoms with Crippen molar-refractivity contribution < 1.29 is 13.2 Å². The minimum atomic E-state index is -3.83. The van der Waals surface area contributed by atoms with Crippen LogP contribution in [0.3, 0.4) is 0 Å². The maximum atomic E-state index is 12.7. The molecule has 7 heteroatoms. The zero-order chi connectivity index (χ0) is 15.8. The summed E-state index contributed by atoms with van der Waals surface area (Å²) in [6.07, 6.45) is 4.37. The first-order valence-electron chi connectivity index (χ1n) is 7.23. The van der Waals surface area contributed by atoms with Crippen LogP contribution in [0, 0.1) is 0 Å². The Morgan fingerprint density at radius 2 is 2.10 bits per heavy atom. The molecule has 1 aliphatic carbocycles. The number of halogens is 1. The van der Waals surface area contributed by atoms with Gasteiger partial charge in [0, 0.05) is 35.5 Å². The summed E-state index contributed by atoms with van der Waals surface area (Å²) in [6, 6.07) is 1.67. The number of carbonyl (C=O) groups is 1. The summed E-state index contributed by atoms with van der Waals surface area (Å²) < 4.78 is 24.7. The molecule has 0 saturated heterocycles. The van der Waals surface area contributed by atoms with Crippen molar-refractivity contribution in [1.82, 2.24) is 9.47 Å². The third-order valence-electron chi connectivity index (χ3n) is 3.59. The van der Waals surface area contributed by atoms with Crippen molar-refractivity contribution >= 4 is 25.6 Å². The van der Waals surface area contributed by atoms with Crippen LogP contribution in [-0.4, -0.2) is 36.4 Å². The highest BCUT2D eigenvalue weighted by molar-refractivity contribution is 8.13. The molecule has 1 fully saturated rings. The molecule has 1 aromatic heterocycles. The zero-order valence-corrected chi connectivity index (χ0v) is 14.1. The highest BCUT2D eigenvalue weighted by atomic mass is 35.7. The van der Waals surface area contributed by atoms with E-state index < -0.39 is 9.05 Å². The van der Waals surface area contributed by atoms with Gasteiger partial charge in [0.25, 0.3) is 15.0 Å². The van der Waals surface area contributed by atoms with Crippen LogP contribution in [0.2, 0.25) is 0 Å². The first-order valence-corrected chi connectivity index (χ1v) is 9.54. The van der Waals surface area contributed by atoms with Gasteiger partial charge in [-0.3, -0.25) is 4.79 Å². The van der Waals surface area contributed by atoms with E-state index >= 15 is 0 Å². The molecule has 0 atom stereocenters. The monoisotopic (exact) mass is 332 g/mol. The fourth-order valence-corrected chi connectivity index (χ4v) is 3.16. The van der Waals surface area contributed by atoms with Crippen molar-refractivity contribution in [2.45, 2.75) is 57.0 Å². The molecule has 0 N–H and O–H groups in total. The number of aromatic nitrogens is 1. The first-order chi connectivity index (χ1) is 9.75. The molecule has 2 rings (SSSR count). The van der Waals surface area contributed by atoms with Gasteiger partial charge in [-0.25, -0.2) is 8.42 Å². The summed E-state index contributed by atoms with van der Waals surface area (Å²) in [5, 5.41) is 0. The minimum Gasteiger partial charge on any atom is -0.340 e. The molecule has 0 unspecified atom stereocenters. The van der Waals surface area contributed by atoms with Gasteiger partial charge in [-0.05, 0) is 39.2 Å². The quantitative estimate of drug-likeness (QED) is 0.752. The van der Waals surface area contributed by atoms with E-state index in [4.69, 9.17) is 10.7 Å². The van der Waals surface area contributed by atoms with Gasteiger partial charge in [0.15, 0.2) is 0 Å². The molecule has 0 aliphatic heterocycles. The van der Waals surface area contributed by atoms with Gasteiger partial charge in [0.1, 0.15) is 10.6 Å². The fourth-order valence-electron chi connectivity index (χ4n) is 2.41. The van der Waals surface area contributed by atoms with Crippen molar-refractivity contribution in [1.29, 1.82) is 0 Å². The van der Waals surface area contributed by atoms with Gasteiger partial charge in [0.2, 0.25) is 0 Å². The minimum absolute atomic E-state index is 0.0150. The third kappa shape index (κ3) is 3.61. The molecule has 0 aromatic carbocycles. The maximum absolute atomic E-state index is 12.7. The van der Waals surface area contributed by atoms with Crippen molar-refractivity contribution in [3.05, 3.63) is 18.0 Å². The Balaban J connectivity index is 2.41. The number of nitrogens with zero attached hydrogens (tertiary/aromatic N) is 2. The molecule has 0 spiro atoms. The van der Waals surface area contributed by atoms with E-state index in [0.29, 0.717) is 18.3 Å². The van der Waals surface area contributed by atoms with E-state index in [-0.39, 0.29) is 16.8 Å². The number of carbonyl (C=O) groups excluding carboxylic acids is 1. The normalized spacial score (nSPS) is 15.5. The Hall–Kier alpha value is -1.01. The van der Waals surface area contributed by atoms with Crippen LogP contribution in [0.1, 0.15) is 56.6 Å². The average Bonchev–Trinajstić information content (AvgIpc) is 3.10. The molecule has 1 aromatic rings. The summed E-state index contributed by atoms with van der Waals surface area (Å²) in [5.74, 6) is -0.111. The highest BCUT2D eigenvalue weighted by Gasteiger charge is 2.34.